The van der Waals surface area contributed by atoms with Gasteiger partial charge in [-0.3, -0.25) is 4.99 Å². The fraction of sp³-hybridized carbons (Fsp3) is 0.154. The summed E-state index contributed by atoms with van der Waals surface area (Å²) in [6.45, 7) is 0. The molecule has 4 nitrogen and oxygen atoms in total. The van der Waals surface area contributed by atoms with E-state index in [1.54, 1.807) is 13.3 Å². The number of para-hydroxylation sites is 2. The highest BCUT2D eigenvalue weighted by Gasteiger charge is 1.97. The summed E-state index contributed by atoms with van der Waals surface area (Å²) < 4.78 is 5.21. The van der Waals surface area contributed by atoms with Crippen LogP contribution in [0, 0.1) is 0 Å². The summed E-state index contributed by atoms with van der Waals surface area (Å²) in [5.74, 6) is 0.770. The van der Waals surface area contributed by atoms with Crippen LogP contribution in [0.25, 0.3) is 0 Å². The van der Waals surface area contributed by atoms with Gasteiger partial charge in [0.05, 0.1) is 7.11 Å². The Morgan fingerprint density at radius 3 is 2.94 bits per heavy atom. The van der Waals surface area contributed by atoms with Crippen molar-refractivity contribution in [2.75, 3.05) is 7.11 Å². The van der Waals surface area contributed by atoms with Crippen LogP contribution in [0.3, 0.4) is 0 Å². The number of nitrogens with zero attached hydrogens (tertiary/aromatic N) is 3. The number of methoxy groups -OCH3 is 1. The molecule has 0 saturated carbocycles. The molecule has 0 N–H and O–H groups in total. The van der Waals surface area contributed by atoms with Gasteiger partial charge in [-0.1, -0.05) is 12.1 Å². The molecule has 1 heterocycles. The van der Waals surface area contributed by atoms with Gasteiger partial charge in [-0.15, -0.1) is 0 Å². The molecule has 0 unspecified atom stereocenters. The number of aromatic nitrogens is 2. The maximum absolute atomic E-state index is 5.21. The number of aliphatic imine (C=N–C) groups is 1. The second-order valence-electron chi connectivity index (χ2n) is 3.39. The summed E-state index contributed by atoms with van der Waals surface area (Å²) >= 11 is 0. The van der Waals surface area contributed by atoms with Crippen LogP contribution >= 0.6 is 0 Å². The molecular formula is C13H13N3O. The third-order valence-electron chi connectivity index (χ3n) is 2.26. The molecule has 0 saturated heterocycles. The van der Waals surface area contributed by atoms with Crippen molar-refractivity contribution >= 4 is 11.9 Å². The van der Waals surface area contributed by atoms with Gasteiger partial charge < -0.3 is 4.74 Å². The van der Waals surface area contributed by atoms with Crippen molar-refractivity contribution in [1.82, 2.24) is 9.97 Å². The second kappa shape index (κ2) is 5.75. The molecule has 0 aliphatic heterocycles. The van der Waals surface area contributed by atoms with Gasteiger partial charge in [0.25, 0.3) is 0 Å². The molecule has 1 aromatic carbocycles. The number of hydrogen-bond donors (Lipinski definition) is 0. The Morgan fingerprint density at radius 2 is 2.18 bits per heavy atom. The Bertz CT molecular complexity index is 497. The van der Waals surface area contributed by atoms with Crippen LogP contribution in [-0.2, 0) is 6.42 Å². The normalized spacial score (nSPS) is 10.6. The lowest BCUT2D eigenvalue weighted by Gasteiger charge is -2.02. The Hall–Kier alpha value is -2.23. The molecule has 0 bridgehead atoms. The van der Waals surface area contributed by atoms with E-state index in [0.717, 1.165) is 17.1 Å². The van der Waals surface area contributed by atoms with Crippen LogP contribution in [0.1, 0.15) is 5.69 Å². The number of rotatable bonds is 4. The van der Waals surface area contributed by atoms with Crippen molar-refractivity contribution in [3.63, 3.8) is 0 Å². The first-order valence-electron chi connectivity index (χ1n) is 5.30. The van der Waals surface area contributed by atoms with E-state index < -0.39 is 0 Å². The van der Waals surface area contributed by atoms with Crippen molar-refractivity contribution in [1.29, 1.82) is 0 Å². The summed E-state index contributed by atoms with van der Waals surface area (Å²) in [7, 11) is 1.64. The predicted molar refractivity (Wildman–Crippen MR) is 66.9 cm³/mol. The lowest BCUT2D eigenvalue weighted by molar-refractivity contribution is 0.416. The SMILES string of the molecule is COc1ccccc1N=CCc1ccncn1. The third-order valence-corrected chi connectivity index (χ3v) is 2.26. The lowest BCUT2D eigenvalue weighted by atomic mass is 10.3. The smallest absolute Gasteiger partial charge is 0.144 e. The molecule has 86 valence electrons. The highest BCUT2D eigenvalue weighted by molar-refractivity contribution is 5.68. The second-order valence-corrected chi connectivity index (χ2v) is 3.39. The first kappa shape index (κ1) is 11.3. The van der Waals surface area contributed by atoms with Crippen LogP contribution in [0.2, 0.25) is 0 Å². The van der Waals surface area contributed by atoms with Gasteiger partial charge in [-0.25, -0.2) is 9.97 Å². The van der Waals surface area contributed by atoms with E-state index in [0.29, 0.717) is 6.42 Å². The van der Waals surface area contributed by atoms with Gasteiger partial charge in [-0.2, -0.15) is 0 Å². The van der Waals surface area contributed by atoms with Crippen molar-refractivity contribution in [3.8, 4) is 5.75 Å². The maximum Gasteiger partial charge on any atom is 0.144 e. The highest BCUT2D eigenvalue weighted by atomic mass is 16.5. The lowest BCUT2D eigenvalue weighted by Crippen LogP contribution is -1.90. The van der Waals surface area contributed by atoms with Crippen molar-refractivity contribution < 1.29 is 4.74 Å². The molecule has 0 radical (unpaired) electrons. The van der Waals surface area contributed by atoms with E-state index in [-0.39, 0.29) is 0 Å². The predicted octanol–water partition coefficient (Wildman–Crippen LogP) is 2.43. The molecular weight excluding hydrogens is 214 g/mol. The molecule has 0 fully saturated rings. The quantitative estimate of drug-likeness (QED) is 0.754. The Morgan fingerprint density at radius 1 is 1.29 bits per heavy atom. The summed E-state index contributed by atoms with van der Waals surface area (Å²) in [5.41, 5.74) is 1.77. The number of benzene rings is 1. The Balaban J connectivity index is 2.06. The average molecular weight is 227 g/mol. The topological polar surface area (TPSA) is 47.4 Å². The van der Waals surface area contributed by atoms with Crippen LogP contribution in [0.15, 0.2) is 47.8 Å². The molecule has 2 aromatic rings. The first-order valence-corrected chi connectivity index (χ1v) is 5.30. The standard InChI is InChI=1S/C13H13N3O/c1-17-13-5-3-2-4-12(13)15-9-7-11-6-8-14-10-16-11/h2-6,8-10H,7H2,1H3. The largest absolute Gasteiger partial charge is 0.494 e. The van der Waals surface area contributed by atoms with E-state index >= 15 is 0 Å². The highest BCUT2D eigenvalue weighted by Crippen LogP contribution is 2.25. The zero-order valence-corrected chi connectivity index (χ0v) is 9.58. The molecule has 0 amide bonds. The van der Waals surface area contributed by atoms with Crippen LogP contribution in [0.5, 0.6) is 5.75 Å². The Kier molecular flexibility index (Phi) is 3.81. The summed E-state index contributed by atoms with van der Waals surface area (Å²) in [5, 5.41) is 0. The third kappa shape index (κ3) is 3.11. The van der Waals surface area contributed by atoms with Crippen LogP contribution in [0.4, 0.5) is 5.69 Å². The summed E-state index contributed by atoms with van der Waals surface area (Å²) in [6, 6.07) is 9.52. The molecule has 4 heteroatoms. The minimum absolute atomic E-state index is 0.681. The molecule has 1 aromatic heterocycles. The fourth-order valence-electron chi connectivity index (χ4n) is 1.41. The number of hydrogen-bond acceptors (Lipinski definition) is 4. The minimum Gasteiger partial charge on any atom is -0.494 e. The zero-order valence-electron chi connectivity index (χ0n) is 9.58. The zero-order chi connectivity index (χ0) is 11.9. The molecule has 0 aliphatic carbocycles. The average Bonchev–Trinajstić information content (AvgIpc) is 2.40. The Labute approximate surface area is 100 Å². The summed E-state index contributed by atoms with van der Waals surface area (Å²) in [4.78, 5) is 12.3. The van der Waals surface area contributed by atoms with E-state index in [1.807, 2.05) is 36.5 Å². The molecule has 0 atom stereocenters. The van der Waals surface area contributed by atoms with Gasteiger partial charge in [0, 0.05) is 24.5 Å². The monoisotopic (exact) mass is 227 g/mol. The number of ether oxygens (including phenoxy) is 1. The minimum atomic E-state index is 0.681. The fourth-order valence-corrected chi connectivity index (χ4v) is 1.41. The van der Waals surface area contributed by atoms with E-state index in [9.17, 15) is 0 Å². The van der Waals surface area contributed by atoms with Crippen molar-refractivity contribution in [2.45, 2.75) is 6.42 Å². The van der Waals surface area contributed by atoms with E-state index in [1.165, 1.54) is 6.33 Å². The molecule has 0 spiro atoms. The molecule has 0 aliphatic rings. The maximum atomic E-state index is 5.21. The van der Waals surface area contributed by atoms with Gasteiger partial charge in [-0.05, 0) is 18.2 Å². The van der Waals surface area contributed by atoms with Crippen molar-refractivity contribution in [2.24, 2.45) is 4.99 Å². The molecule has 2 rings (SSSR count). The first-order chi connectivity index (χ1) is 8.40. The van der Waals surface area contributed by atoms with E-state index in [2.05, 4.69) is 15.0 Å². The van der Waals surface area contributed by atoms with E-state index in [4.69, 9.17) is 4.74 Å². The van der Waals surface area contributed by atoms with Crippen LogP contribution in [-0.4, -0.2) is 23.3 Å². The van der Waals surface area contributed by atoms with Gasteiger partial charge in [0.2, 0.25) is 0 Å². The van der Waals surface area contributed by atoms with Crippen molar-refractivity contribution in [3.05, 3.63) is 48.5 Å². The van der Waals surface area contributed by atoms with Gasteiger partial charge >= 0.3 is 0 Å². The van der Waals surface area contributed by atoms with Gasteiger partial charge in [0.1, 0.15) is 17.8 Å². The molecule has 17 heavy (non-hydrogen) atoms. The summed E-state index contributed by atoms with van der Waals surface area (Å²) in [6.07, 6.45) is 5.76. The van der Waals surface area contributed by atoms with Crippen LogP contribution < -0.4 is 4.74 Å². The van der Waals surface area contributed by atoms with Gasteiger partial charge in [0.15, 0.2) is 0 Å².